The van der Waals surface area contributed by atoms with E-state index in [1.807, 2.05) is 13.8 Å². The van der Waals surface area contributed by atoms with Gasteiger partial charge in [-0.1, -0.05) is 13.8 Å². The zero-order valence-electron chi connectivity index (χ0n) is 12.3. The van der Waals surface area contributed by atoms with Gasteiger partial charge >= 0.3 is 0 Å². The maximum Gasteiger partial charge on any atom is 0.242 e. The molecule has 1 aliphatic heterocycles. The van der Waals surface area contributed by atoms with Gasteiger partial charge in [-0.05, 0) is 32.1 Å². The molecule has 1 fully saturated rings. The van der Waals surface area contributed by atoms with Gasteiger partial charge in [-0.3, -0.25) is 0 Å². The van der Waals surface area contributed by atoms with Gasteiger partial charge in [-0.25, -0.2) is 4.98 Å². The van der Waals surface area contributed by atoms with Crippen LogP contribution in [0.5, 0.6) is 5.88 Å². The molecule has 1 aliphatic rings. The molecule has 2 heterocycles. The Kier molecular flexibility index (Phi) is 3.83. The van der Waals surface area contributed by atoms with Gasteiger partial charge in [0, 0.05) is 13.1 Å². The van der Waals surface area contributed by atoms with Crippen molar-refractivity contribution in [2.45, 2.75) is 46.6 Å². The van der Waals surface area contributed by atoms with Gasteiger partial charge in [0.05, 0.1) is 6.10 Å². The molecule has 0 spiro atoms. The molecule has 19 heavy (non-hydrogen) atoms. The van der Waals surface area contributed by atoms with Crippen LogP contribution in [0.4, 0.5) is 11.5 Å². The topological polar surface area (TPSA) is 64.3 Å². The van der Waals surface area contributed by atoms with E-state index in [1.165, 1.54) is 6.33 Å². The van der Waals surface area contributed by atoms with Crippen LogP contribution in [-0.4, -0.2) is 29.2 Å². The average Bonchev–Trinajstić information content (AvgIpc) is 2.32. The molecule has 0 saturated carbocycles. The van der Waals surface area contributed by atoms with Crippen molar-refractivity contribution in [3.8, 4) is 5.88 Å². The molecule has 1 aromatic rings. The van der Waals surface area contributed by atoms with Gasteiger partial charge in [0.2, 0.25) is 5.88 Å². The SMILES string of the molecule is CC(C)Oc1ncnc(N2CCC(C)(C)CC2)c1N. The van der Waals surface area contributed by atoms with E-state index in [9.17, 15) is 0 Å². The molecule has 0 unspecified atom stereocenters. The van der Waals surface area contributed by atoms with Crippen LogP contribution in [0.2, 0.25) is 0 Å². The summed E-state index contributed by atoms with van der Waals surface area (Å²) in [7, 11) is 0. The van der Waals surface area contributed by atoms with E-state index in [0.717, 1.165) is 31.7 Å². The monoisotopic (exact) mass is 264 g/mol. The molecule has 0 aliphatic carbocycles. The van der Waals surface area contributed by atoms with Crippen molar-refractivity contribution in [2.24, 2.45) is 5.41 Å². The molecule has 1 saturated heterocycles. The molecule has 0 radical (unpaired) electrons. The van der Waals surface area contributed by atoms with E-state index in [-0.39, 0.29) is 6.10 Å². The maximum absolute atomic E-state index is 6.14. The molecule has 5 nitrogen and oxygen atoms in total. The largest absolute Gasteiger partial charge is 0.473 e. The number of hydrogen-bond donors (Lipinski definition) is 1. The Morgan fingerprint density at radius 1 is 1.26 bits per heavy atom. The molecule has 0 amide bonds. The minimum Gasteiger partial charge on any atom is -0.473 e. The molecule has 106 valence electrons. The fraction of sp³-hybridized carbons (Fsp3) is 0.714. The van der Waals surface area contributed by atoms with E-state index >= 15 is 0 Å². The van der Waals surface area contributed by atoms with E-state index in [0.29, 0.717) is 17.0 Å². The van der Waals surface area contributed by atoms with E-state index in [2.05, 4.69) is 28.7 Å². The number of anilines is 2. The molecule has 5 heteroatoms. The molecule has 1 aromatic heterocycles. The first kappa shape index (κ1) is 13.9. The summed E-state index contributed by atoms with van der Waals surface area (Å²) in [6, 6.07) is 0. The number of nitrogen functional groups attached to an aromatic ring is 1. The normalized spacial score (nSPS) is 18.7. The van der Waals surface area contributed by atoms with Crippen molar-refractivity contribution in [1.29, 1.82) is 0 Å². The summed E-state index contributed by atoms with van der Waals surface area (Å²) in [5, 5.41) is 0. The number of piperidine rings is 1. The third-order valence-corrected chi connectivity index (χ3v) is 3.59. The second-order valence-corrected chi connectivity index (χ2v) is 6.23. The number of hydrogen-bond acceptors (Lipinski definition) is 5. The lowest BCUT2D eigenvalue weighted by atomic mass is 9.83. The zero-order valence-corrected chi connectivity index (χ0v) is 12.3. The quantitative estimate of drug-likeness (QED) is 0.908. The summed E-state index contributed by atoms with van der Waals surface area (Å²) >= 11 is 0. The predicted octanol–water partition coefficient (Wildman–Crippen LogP) is 2.47. The van der Waals surface area contributed by atoms with Gasteiger partial charge < -0.3 is 15.4 Å². The van der Waals surface area contributed by atoms with E-state index in [1.54, 1.807) is 0 Å². The lowest BCUT2D eigenvalue weighted by molar-refractivity contribution is 0.233. The molecule has 2 N–H and O–H groups in total. The van der Waals surface area contributed by atoms with Crippen molar-refractivity contribution in [3.63, 3.8) is 0 Å². The van der Waals surface area contributed by atoms with Gasteiger partial charge in [0.1, 0.15) is 12.0 Å². The second kappa shape index (κ2) is 5.23. The van der Waals surface area contributed by atoms with Crippen molar-refractivity contribution in [3.05, 3.63) is 6.33 Å². The standard InChI is InChI=1S/C14H24N4O/c1-10(2)19-13-11(15)12(16-9-17-13)18-7-5-14(3,4)6-8-18/h9-10H,5-8,15H2,1-4H3. The Balaban J connectivity index is 2.17. The number of aromatic nitrogens is 2. The Labute approximate surface area is 115 Å². The first-order valence-corrected chi connectivity index (χ1v) is 6.91. The second-order valence-electron chi connectivity index (χ2n) is 6.23. The molecule has 0 aromatic carbocycles. The van der Waals surface area contributed by atoms with Crippen LogP contribution in [0.15, 0.2) is 6.33 Å². The van der Waals surface area contributed by atoms with Crippen molar-refractivity contribution in [2.75, 3.05) is 23.7 Å². The predicted molar refractivity (Wildman–Crippen MR) is 77.4 cm³/mol. The van der Waals surface area contributed by atoms with Crippen LogP contribution in [-0.2, 0) is 0 Å². The average molecular weight is 264 g/mol. The summed E-state index contributed by atoms with van der Waals surface area (Å²) in [6.07, 6.45) is 3.89. The summed E-state index contributed by atoms with van der Waals surface area (Å²) in [6.45, 7) is 10.5. The number of ether oxygens (including phenoxy) is 1. The summed E-state index contributed by atoms with van der Waals surface area (Å²) < 4.78 is 5.61. The highest BCUT2D eigenvalue weighted by Crippen LogP contribution is 2.35. The maximum atomic E-state index is 6.14. The highest BCUT2D eigenvalue weighted by Gasteiger charge is 2.27. The third-order valence-electron chi connectivity index (χ3n) is 3.59. The van der Waals surface area contributed by atoms with E-state index < -0.39 is 0 Å². The van der Waals surface area contributed by atoms with Crippen LogP contribution in [0, 0.1) is 5.41 Å². The molecule has 0 bridgehead atoms. The van der Waals surface area contributed by atoms with Crippen LogP contribution in [0.3, 0.4) is 0 Å². The number of nitrogens with two attached hydrogens (primary N) is 1. The lowest BCUT2D eigenvalue weighted by Gasteiger charge is -2.37. The van der Waals surface area contributed by atoms with Crippen molar-refractivity contribution >= 4 is 11.5 Å². The van der Waals surface area contributed by atoms with Crippen LogP contribution < -0.4 is 15.4 Å². The Morgan fingerprint density at radius 2 is 1.89 bits per heavy atom. The minimum atomic E-state index is 0.0605. The van der Waals surface area contributed by atoms with Gasteiger partial charge in [0.25, 0.3) is 0 Å². The summed E-state index contributed by atoms with van der Waals surface area (Å²) in [5.74, 6) is 1.30. The highest BCUT2D eigenvalue weighted by molar-refractivity contribution is 5.67. The van der Waals surface area contributed by atoms with E-state index in [4.69, 9.17) is 10.5 Å². The van der Waals surface area contributed by atoms with Gasteiger partial charge in [-0.15, -0.1) is 0 Å². The molecular weight excluding hydrogens is 240 g/mol. The minimum absolute atomic E-state index is 0.0605. The highest BCUT2D eigenvalue weighted by atomic mass is 16.5. The smallest absolute Gasteiger partial charge is 0.242 e. The molecule has 2 rings (SSSR count). The zero-order chi connectivity index (χ0) is 14.0. The third kappa shape index (κ3) is 3.28. The Bertz CT molecular complexity index is 435. The molecular formula is C14H24N4O. The van der Waals surface area contributed by atoms with Crippen molar-refractivity contribution < 1.29 is 4.74 Å². The summed E-state index contributed by atoms with van der Waals surface area (Å²) in [4.78, 5) is 10.7. The first-order valence-electron chi connectivity index (χ1n) is 6.91. The Hall–Kier alpha value is -1.52. The fourth-order valence-electron chi connectivity index (χ4n) is 2.26. The van der Waals surface area contributed by atoms with Crippen LogP contribution >= 0.6 is 0 Å². The lowest BCUT2D eigenvalue weighted by Crippen LogP contribution is -2.38. The van der Waals surface area contributed by atoms with Gasteiger partial charge in [0.15, 0.2) is 5.82 Å². The first-order chi connectivity index (χ1) is 8.89. The van der Waals surface area contributed by atoms with Gasteiger partial charge in [-0.2, -0.15) is 4.98 Å². The number of rotatable bonds is 3. The van der Waals surface area contributed by atoms with Crippen LogP contribution in [0.25, 0.3) is 0 Å². The van der Waals surface area contributed by atoms with Crippen molar-refractivity contribution in [1.82, 2.24) is 9.97 Å². The fourth-order valence-corrected chi connectivity index (χ4v) is 2.26. The molecule has 0 atom stereocenters. The van der Waals surface area contributed by atoms with Crippen LogP contribution in [0.1, 0.15) is 40.5 Å². The Morgan fingerprint density at radius 3 is 2.47 bits per heavy atom. The number of nitrogens with zero attached hydrogens (tertiary/aromatic N) is 3. The summed E-state index contributed by atoms with van der Waals surface area (Å²) in [5.41, 5.74) is 7.10.